The van der Waals surface area contributed by atoms with E-state index in [9.17, 15) is 5.11 Å². The highest BCUT2D eigenvalue weighted by atomic mass is 16.3. The highest BCUT2D eigenvalue weighted by Gasteiger charge is 2.16. The molecule has 0 amide bonds. The zero-order valence-electron chi connectivity index (χ0n) is 10.5. The third-order valence-electron chi connectivity index (χ3n) is 3.19. The Labute approximate surface area is 93.1 Å². The third kappa shape index (κ3) is 2.34. The van der Waals surface area contributed by atoms with Crippen LogP contribution in [0.1, 0.15) is 62.6 Å². The first-order valence-electron chi connectivity index (χ1n) is 5.81. The van der Waals surface area contributed by atoms with Crippen LogP contribution in [0.15, 0.2) is 12.1 Å². The van der Waals surface area contributed by atoms with Gasteiger partial charge in [-0.15, -0.1) is 0 Å². The van der Waals surface area contributed by atoms with Gasteiger partial charge in [0.1, 0.15) is 5.75 Å². The zero-order valence-corrected chi connectivity index (χ0v) is 10.5. The molecule has 0 heterocycles. The quantitative estimate of drug-likeness (QED) is 0.780. The summed E-state index contributed by atoms with van der Waals surface area (Å²) in [6, 6.07) is 4.16. The molecule has 0 aliphatic heterocycles. The van der Waals surface area contributed by atoms with Crippen LogP contribution in [0.3, 0.4) is 0 Å². The van der Waals surface area contributed by atoms with Gasteiger partial charge in [0, 0.05) is 0 Å². The van der Waals surface area contributed by atoms with E-state index in [1.54, 1.807) is 0 Å². The smallest absolute Gasteiger partial charge is 0.122 e. The normalized spacial score (nSPS) is 13.2. The van der Waals surface area contributed by atoms with Gasteiger partial charge in [-0.1, -0.05) is 39.8 Å². The average Bonchev–Trinajstić information content (AvgIpc) is 2.16. The van der Waals surface area contributed by atoms with Gasteiger partial charge >= 0.3 is 0 Å². The lowest BCUT2D eigenvalue weighted by Crippen LogP contribution is -1.99. The molecule has 0 aromatic heterocycles. The SMILES string of the molecule is CCC(C)c1c(C)ccc(C(C)C)c1O. The van der Waals surface area contributed by atoms with Crippen LogP contribution >= 0.6 is 0 Å². The highest BCUT2D eigenvalue weighted by molar-refractivity contribution is 5.48. The van der Waals surface area contributed by atoms with Crippen LogP contribution in [0.5, 0.6) is 5.75 Å². The molecule has 0 saturated heterocycles. The first-order chi connectivity index (χ1) is 6.99. The van der Waals surface area contributed by atoms with Crippen molar-refractivity contribution < 1.29 is 5.11 Å². The van der Waals surface area contributed by atoms with E-state index in [1.165, 1.54) is 5.56 Å². The Hall–Kier alpha value is -0.980. The molecular formula is C14H22O. The Kier molecular flexibility index (Phi) is 3.78. The van der Waals surface area contributed by atoms with Crippen molar-refractivity contribution in [2.45, 2.75) is 52.9 Å². The third-order valence-corrected chi connectivity index (χ3v) is 3.19. The van der Waals surface area contributed by atoms with Crippen molar-refractivity contribution in [1.82, 2.24) is 0 Å². The number of aryl methyl sites for hydroxylation is 1. The van der Waals surface area contributed by atoms with Gasteiger partial charge in [-0.2, -0.15) is 0 Å². The van der Waals surface area contributed by atoms with E-state index < -0.39 is 0 Å². The van der Waals surface area contributed by atoms with Crippen molar-refractivity contribution in [1.29, 1.82) is 0 Å². The standard InChI is InChI=1S/C14H22O/c1-6-10(4)13-11(5)7-8-12(9(2)3)14(13)15/h7-10,15H,6H2,1-5H3. The number of phenolic OH excluding ortho intramolecular Hbond substituents is 1. The molecule has 1 nitrogen and oxygen atoms in total. The van der Waals surface area contributed by atoms with Gasteiger partial charge < -0.3 is 5.11 Å². The highest BCUT2D eigenvalue weighted by Crippen LogP contribution is 2.36. The number of rotatable bonds is 3. The fourth-order valence-electron chi connectivity index (χ4n) is 2.02. The summed E-state index contributed by atoms with van der Waals surface area (Å²) < 4.78 is 0. The minimum absolute atomic E-state index is 0.383. The number of aromatic hydroxyl groups is 1. The molecule has 0 spiro atoms. The second kappa shape index (κ2) is 4.69. The molecule has 84 valence electrons. The Morgan fingerprint density at radius 1 is 1.20 bits per heavy atom. The predicted molar refractivity (Wildman–Crippen MR) is 65.6 cm³/mol. The van der Waals surface area contributed by atoms with Gasteiger partial charge in [-0.25, -0.2) is 0 Å². The van der Waals surface area contributed by atoms with Crippen LogP contribution in [0.4, 0.5) is 0 Å². The summed E-state index contributed by atoms with van der Waals surface area (Å²) in [5, 5.41) is 10.2. The van der Waals surface area contributed by atoms with Crippen LogP contribution in [0.25, 0.3) is 0 Å². The molecule has 0 saturated carbocycles. The molecule has 1 aromatic carbocycles. The molecule has 0 aliphatic carbocycles. The molecule has 0 fully saturated rings. The first-order valence-corrected chi connectivity index (χ1v) is 5.81. The maximum atomic E-state index is 10.2. The van der Waals surface area contributed by atoms with Crippen molar-refractivity contribution in [2.75, 3.05) is 0 Å². The molecule has 0 bridgehead atoms. The van der Waals surface area contributed by atoms with Crippen molar-refractivity contribution >= 4 is 0 Å². The van der Waals surface area contributed by atoms with Crippen LogP contribution in [0.2, 0.25) is 0 Å². The summed E-state index contributed by atoms with van der Waals surface area (Å²) in [7, 11) is 0. The predicted octanol–water partition coefficient (Wildman–Crippen LogP) is 4.34. The van der Waals surface area contributed by atoms with Crippen molar-refractivity contribution in [3.63, 3.8) is 0 Å². The Balaban J connectivity index is 3.30. The number of benzene rings is 1. The monoisotopic (exact) mass is 206 g/mol. The lowest BCUT2D eigenvalue weighted by atomic mass is 9.88. The van der Waals surface area contributed by atoms with Gasteiger partial charge in [-0.3, -0.25) is 0 Å². The summed E-state index contributed by atoms with van der Waals surface area (Å²) >= 11 is 0. The second-order valence-corrected chi connectivity index (χ2v) is 4.70. The van der Waals surface area contributed by atoms with E-state index >= 15 is 0 Å². The number of hydrogen-bond donors (Lipinski definition) is 1. The minimum Gasteiger partial charge on any atom is -0.507 e. The molecule has 0 radical (unpaired) electrons. The van der Waals surface area contributed by atoms with Gasteiger partial charge in [0.15, 0.2) is 0 Å². The topological polar surface area (TPSA) is 20.2 Å². The fourth-order valence-corrected chi connectivity index (χ4v) is 2.02. The van der Waals surface area contributed by atoms with Crippen LogP contribution < -0.4 is 0 Å². The van der Waals surface area contributed by atoms with Gasteiger partial charge in [-0.05, 0) is 41.9 Å². The number of phenols is 1. The van der Waals surface area contributed by atoms with E-state index in [1.807, 2.05) is 6.07 Å². The molecule has 1 N–H and O–H groups in total. The first kappa shape index (κ1) is 12.1. The fraction of sp³-hybridized carbons (Fsp3) is 0.571. The number of hydrogen-bond acceptors (Lipinski definition) is 1. The van der Waals surface area contributed by atoms with E-state index in [2.05, 4.69) is 40.7 Å². The van der Waals surface area contributed by atoms with E-state index in [0.717, 1.165) is 17.5 Å². The van der Waals surface area contributed by atoms with Gasteiger partial charge in [0.25, 0.3) is 0 Å². The van der Waals surface area contributed by atoms with Crippen molar-refractivity contribution in [3.8, 4) is 5.75 Å². The van der Waals surface area contributed by atoms with Crippen LogP contribution in [-0.4, -0.2) is 5.11 Å². The Bertz CT molecular complexity index is 339. The largest absolute Gasteiger partial charge is 0.507 e. The summed E-state index contributed by atoms with van der Waals surface area (Å²) in [5.41, 5.74) is 3.39. The maximum absolute atomic E-state index is 10.2. The summed E-state index contributed by atoms with van der Waals surface area (Å²) in [4.78, 5) is 0. The summed E-state index contributed by atoms with van der Waals surface area (Å²) in [5.74, 6) is 1.33. The lowest BCUT2D eigenvalue weighted by Gasteiger charge is -2.19. The van der Waals surface area contributed by atoms with Crippen molar-refractivity contribution in [3.05, 3.63) is 28.8 Å². The second-order valence-electron chi connectivity index (χ2n) is 4.70. The van der Waals surface area contributed by atoms with Crippen LogP contribution in [-0.2, 0) is 0 Å². The lowest BCUT2D eigenvalue weighted by molar-refractivity contribution is 0.451. The molecular weight excluding hydrogens is 184 g/mol. The minimum atomic E-state index is 0.383. The van der Waals surface area contributed by atoms with Crippen LogP contribution in [0, 0.1) is 6.92 Å². The summed E-state index contributed by atoms with van der Waals surface area (Å²) in [6.45, 7) is 10.6. The molecule has 1 unspecified atom stereocenters. The Morgan fingerprint density at radius 3 is 2.27 bits per heavy atom. The Morgan fingerprint density at radius 2 is 1.80 bits per heavy atom. The maximum Gasteiger partial charge on any atom is 0.122 e. The van der Waals surface area contributed by atoms with Gasteiger partial charge in [0.05, 0.1) is 0 Å². The molecule has 1 aromatic rings. The van der Waals surface area contributed by atoms with E-state index in [0.29, 0.717) is 17.6 Å². The molecule has 1 rings (SSSR count). The van der Waals surface area contributed by atoms with E-state index in [-0.39, 0.29) is 0 Å². The molecule has 15 heavy (non-hydrogen) atoms. The van der Waals surface area contributed by atoms with Crippen molar-refractivity contribution in [2.24, 2.45) is 0 Å². The van der Waals surface area contributed by atoms with Gasteiger partial charge in [0.2, 0.25) is 0 Å². The summed E-state index contributed by atoms with van der Waals surface area (Å²) in [6.07, 6.45) is 1.07. The molecule has 1 heteroatoms. The molecule has 1 atom stereocenters. The zero-order chi connectivity index (χ0) is 11.6. The molecule has 0 aliphatic rings. The average molecular weight is 206 g/mol. The van der Waals surface area contributed by atoms with E-state index in [4.69, 9.17) is 0 Å².